The third-order valence-electron chi connectivity index (χ3n) is 5.76. The number of nitrogens with zero attached hydrogens (tertiary/aromatic N) is 3. The molecule has 0 spiro atoms. The Kier molecular flexibility index (Phi) is 6.91. The highest BCUT2D eigenvalue weighted by Gasteiger charge is 2.30. The van der Waals surface area contributed by atoms with E-state index in [0.29, 0.717) is 36.9 Å². The normalized spacial score (nSPS) is 14.2. The molecule has 0 N–H and O–H groups in total. The zero-order valence-corrected chi connectivity index (χ0v) is 20.0. The summed E-state index contributed by atoms with van der Waals surface area (Å²) in [5.74, 6) is -0.228. The minimum absolute atomic E-state index is 0.143. The van der Waals surface area contributed by atoms with Gasteiger partial charge in [0.1, 0.15) is 6.54 Å². The maximum atomic E-state index is 13.5. The van der Waals surface area contributed by atoms with E-state index in [9.17, 15) is 13.2 Å². The van der Waals surface area contributed by atoms with Crippen LogP contribution < -0.4 is 9.21 Å². The summed E-state index contributed by atoms with van der Waals surface area (Å²) in [5.41, 5.74) is 2.48. The molecule has 1 heterocycles. The number of hydrogen-bond donors (Lipinski definition) is 0. The summed E-state index contributed by atoms with van der Waals surface area (Å²) in [6.07, 6.45) is 0. The molecule has 33 heavy (non-hydrogen) atoms. The molecule has 8 heteroatoms. The molecule has 1 aliphatic rings. The minimum atomic E-state index is -3.94. The number of para-hydroxylation sites is 1. The summed E-state index contributed by atoms with van der Waals surface area (Å²) in [6.45, 7) is 4.08. The number of sulfonamides is 1. The van der Waals surface area contributed by atoms with Crippen LogP contribution in [0.2, 0.25) is 5.02 Å². The first-order valence-electron chi connectivity index (χ1n) is 10.8. The summed E-state index contributed by atoms with van der Waals surface area (Å²) in [5, 5.41) is 0.495. The van der Waals surface area contributed by atoms with Crippen molar-refractivity contribution in [2.75, 3.05) is 41.9 Å². The Labute approximate surface area is 200 Å². The van der Waals surface area contributed by atoms with Gasteiger partial charge in [-0.3, -0.25) is 9.10 Å². The molecule has 172 valence electrons. The van der Waals surface area contributed by atoms with Crippen molar-refractivity contribution in [3.63, 3.8) is 0 Å². The van der Waals surface area contributed by atoms with Gasteiger partial charge in [-0.25, -0.2) is 8.42 Å². The molecule has 0 atom stereocenters. The topological polar surface area (TPSA) is 60.9 Å². The van der Waals surface area contributed by atoms with Crippen molar-refractivity contribution in [1.82, 2.24) is 4.90 Å². The van der Waals surface area contributed by atoms with E-state index in [1.807, 2.05) is 37.3 Å². The van der Waals surface area contributed by atoms with E-state index in [2.05, 4.69) is 4.90 Å². The Morgan fingerprint density at radius 2 is 1.48 bits per heavy atom. The zero-order chi connectivity index (χ0) is 23.4. The molecular formula is C25H26ClN3O3S. The molecule has 1 fully saturated rings. The largest absolute Gasteiger partial charge is 0.368 e. The van der Waals surface area contributed by atoms with Crippen LogP contribution in [0, 0.1) is 6.92 Å². The Balaban J connectivity index is 1.54. The van der Waals surface area contributed by atoms with Crippen molar-refractivity contribution in [2.24, 2.45) is 0 Å². The monoisotopic (exact) mass is 483 g/mol. The first kappa shape index (κ1) is 23.1. The highest BCUT2D eigenvalue weighted by molar-refractivity contribution is 7.92. The highest BCUT2D eigenvalue weighted by atomic mass is 35.5. The zero-order valence-electron chi connectivity index (χ0n) is 18.4. The molecule has 0 saturated carbocycles. The second kappa shape index (κ2) is 9.85. The van der Waals surface area contributed by atoms with Gasteiger partial charge in [-0.05, 0) is 55.5 Å². The average molecular weight is 484 g/mol. The van der Waals surface area contributed by atoms with E-state index in [1.165, 1.54) is 4.31 Å². The number of hydrogen-bond acceptors (Lipinski definition) is 4. The van der Waals surface area contributed by atoms with Crippen LogP contribution in [0.5, 0.6) is 0 Å². The lowest BCUT2D eigenvalue weighted by Gasteiger charge is -2.37. The number of piperazine rings is 1. The standard InChI is InChI=1S/C25H26ClN3O3S/c1-20-7-13-24(14-8-20)33(31,32)29(23-11-9-21(26)10-12-23)19-25(30)28-17-15-27(16-18-28)22-5-3-2-4-6-22/h2-14H,15-19H2,1H3. The highest BCUT2D eigenvalue weighted by Crippen LogP contribution is 2.26. The van der Waals surface area contributed by atoms with Gasteiger partial charge in [0.15, 0.2) is 0 Å². The molecule has 3 aromatic carbocycles. The van der Waals surface area contributed by atoms with E-state index in [4.69, 9.17) is 11.6 Å². The van der Waals surface area contributed by atoms with Crippen molar-refractivity contribution < 1.29 is 13.2 Å². The molecule has 0 aliphatic carbocycles. The fraction of sp³-hybridized carbons (Fsp3) is 0.240. The van der Waals surface area contributed by atoms with E-state index in [0.717, 1.165) is 11.3 Å². The second-order valence-electron chi connectivity index (χ2n) is 8.00. The fourth-order valence-electron chi connectivity index (χ4n) is 3.84. The summed E-state index contributed by atoms with van der Waals surface area (Å²) in [4.78, 5) is 17.3. The SMILES string of the molecule is Cc1ccc(S(=O)(=O)N(CC(=O)N2CCN(c3ccccc3)CC2)c2ccc(Cl)cc2)cc1. The van der Waals surface area contributed by atoms with Crippen molar-refractivity contribution in [2.45, 2.75) is 11.8 Å². The molecule has 0 radical (unpaired) electrons. The average Bonchev–Trinajstić information content (AvgIpc) is 2.84. The lowest BCUT2D eigenvalue weighted by molar-refractivity contribution is -0.129. The Bertz CT molecular complexity index is 1190. The smallest absolute Gasteiger partial charge is 0.264 e. The van der Waals surface area contributed by atoms with Crippen LogP contribution in [0.25, 0.3) is 0 Å². The molecule has 0 bridgehead atoms. The van der Waals surface area contributed by atoms with Crippen molar-refractivity contribution in [1.29, 1.82) is 0 Å². The fourth-order valence-corrected chi connectivity index (χ4v) is 5.38. The predicted molar refractivity (Wildman–Crippen MR) is 132 cm³/mol. The number of carbonyl (C=O) groups excluding carboxylic acids is 1. The van der Waals surface area contributed by atoms with Crippen LogP contribution in [-0.4, -0.2) is 51.9 Å². The summed E-state index contributed by atoms with van der Waals surface area (Å²) in [7, 11) is -3.94. The van der Waals surface area contributed by atoms with Gasteiger partial charge < -0.3 is 9.80 Å². The minimum Gasteiger partial charge on any atom is -0.368 e. The predicted octanol–water partition coefficient (Wildman–Crippen LogP) is 4.19. The molecule has 3 aromatic rings. The third-order valence-corrected chi connectivity index (χ3v) is 7.80. The quantitative estimate of drug-likeness (QED) is 0.527. The van der Waals surface area contributed by atoms with Gasteiger partial charge in [-0.2, -0.15) is 0 Å². The van der Waals surface area contributed by atoms with Crippen LogP contribution in [0.4, 0.5) is 11.4 Å². The van der Waals surface area contributed by atoms with E-state index < -0.39 is 10.0 Å². The Morgan fingerprint density at radius 3 is 2.09 bits per heavy atom. The molecule has 1 amide bonds. The number of rotatable bonds is 6. The van der Waals surface area contributed by atoms with Gasteiger partial charge in [0, 0.05) is 36.9 Å². The molecule has 0 unspecified atom stereocenters. The summed E-state index contributed by atoms with van der Waals surface area (Å²) >= 11 is 6.01. The number of aryl methyl sites for hydroxylation is 1. The first-order chi connectivity index (χ1) is 15.8. The lowest BCUT2D eigenvalue weighted by Crippen LogP contribution is -2.52. The molecule has 6 nitrogen and oxygen atoms in total. The maximum absolute atomic E-state index is 13.5. The van der Waals surface area contributed by atoms with Crippen LogP contribution in [0.3, 0.4) is 0 Å². The van der Waals surface area contributed by atoms with Crippen molar-refractivity contribution in [3.05, 3.63) is 89.4 Å². The van der Waals surface area contributed by atoms with E-state index >= 15 is 0 Å². The lowest BCUT2D eigenvalue weighted by atomic mass is 10.2. The molecule has 1 saturated heterocycles. The number of benzene rings is 3. The molecule has 4 rings (SSSR count). The van der Waals surface area contributed by atoms with E-state index in [1.54, 1.807) is 53.4 Å². The van der Waals surface area contributed by atoms with Crippen LogP contribution in [0.15, 0.2) is 83.8 Å². The van der Waals surface area contributed by atoms with Gasteiger partial charge >= 0.3 is 0 Å². The number of halogens is 1. The maximum Gasteiger partial charge on any atom is 0.264 e. The number of anilines is 2. The van der Waals surface area contributed by atoms with Crippen LogP contribution in [0.1, 0.15) is 5.56 Å². The second-order valence-corrected chi connectivity index (χ2v) is 10.3. The van der Waals surface area contributed by atoms with Gasteiger partial charge in [0.2, 0.25) is 5.91 Å². The van der Waals surface area contributed by atoms with Gasteiger partial charge in [0.25, 0.3) is 10.0 Å². The van der Waals surface area contributed by atoms with Crippen LogP contribution in [-0.2, 0) is 14.8 Å². The third kappa shape index (κ3) is 5.31. The number of amides is 1. The molecule has 1 aliphatic heterocycles. The molecule has 0 aromatic heterocycles. The van der Waals surface area contributed by atoms with Crippen molar-refractivity contribution in [3.8, 4) is 0 Å². The summed E-state index contributed by atoms with van der Waals surface area (Å²) in [6, 6.07) is 23.2. The van der Waals surface area contributed by atoms with Crippen LogP contribution >= 0.6 is 11.6 Å². The Hall–Kier alpha value is -3.03. The first-order valence-corrected chi connectivity index (χ1v) is 12.6. The Morgan fingerprint density at radius 1 is 0.879 bits per heavy atom. The molecular weight excluding hydrogens is 458 g/mol. The van der Waals surface area contributed by atoms with Crippen molar-refractivity contribution >= 4 is 38.9 Å². The van der Waals surface area contributed by atoms with E-state index in [-0.39, 0.29) is 17.3 Å². The van der Waals surface area contributed by atoms with Gasteiger partial charge in [-0.1, -0.05) is 47.5 Å². The van der Waals surface area contributed by atoms with Gasteiger partial charge in [0.05, 0.1) is 10.6 Å². The summed E-state index contributed by atoms with van der Waals surface area (Å²) < 4.78 is 28.2. The van der Waals surface area contributed by atoms with Gasteiger partial charge in [-0.15, -0.1) is 0 Å². The number of carbonyl (C=O) groups is 1.